The standard InChI is InChI=1S/C14H20ClNO5/c1-4-14(18,13(17)20-5-2)12-10(8-19-3)11(21-9-15)6-7-16-12/h6-7,18H,4-5,8-9H2,1-3H3. The van der Waals surface area contributed by atoms with E-state index in [0.29, 0.717) is 11.3 Å². The van der Waals surface area contributed by atoms with Gasteiger partial charge in [0.05, 0.1) is 18.9 Å². The first-order valence-corrected chi connectivity index (χ1v) is 7.14. The molecule has 7 heteroatoms. The molecule has 1 heterocycles. The molecule has 0 aliphatic heterocycles. The SMILES string of the molecule is CCOC(=O)C(O)(CC)c1nccc(OCCl)c1COC. The molecule has 0 amide bonds. The molecule has 1 atom stereocenters. The maximum Gasteiger partial charge on any atom is 0.344 e. The highest BCUT2D eigenvalue weighted by Crippen LogP contribution is 2.33. The molecule has 0 fully saturated rings. The van der Waals surface area contributed by atoms with Crippen molar-refractivity contribution in [3.63, 3.8) is 0 Å². The summed E-state index contributed by atoms with van der Waals surface area (Å²) >= 11 is 5.58. The van der Waals surface area contributed by atoms with E-state index in [-0.39, 0.29) is 31.4 Å². The molecule has 0 radical (unpaired) electrons. The number of esters is 1. The molecule has 1 aromatic rings. The van der Waals surface area contributed by atoms with Crippen LogP contribution in [0.1, 0.15) is 31.5 Å². The number of aromatic nitrogens is 1. The Hall–Kier alpha value is -1.37. The van der Waals surface area contributed by atoms with Gasteiger partial charge in [0.15, 0.2) is 6.07 Å². The largest absolute Gasteiger partial charge is 0.477 e. The Balaban J connectivity index is 3.37. The van der Waals surface area contributed by atoms with Gasteiger partial charge in [-0.1, -0.05) is 18.5 Å². The smallest absolute Gasteiger partial charge is 0.344 e. The third kappa shape index (κ3) is 3.84. The lowest BCUT2D eigenvalue weighted by molar-refractivity contribution is -0.167. The minimum Gasteiger partial charge on any atom is -0.477 e. The van der Waals surface area contributed by atoms with Gasteiger partial charge >= 0.3 is 5.97 Å². The van der Waals surface area contributed by atoms with Crippen molar-refractivity contribution in [2.75, 3.05) is 19.8 Å². The van der Waals surface area contributed by atoms with Crippen LogP contribution in [-0.2, 0) is 26.5 Å². The zero-order valence-electron chi connectivity index (χ0n) is 12.4. The molecule has 118 valence electrons. The average Bonchev–Trinajstić information content (AvgIpc) is 2.49. The second-order valence-corrected chi connectivity index (χ2v) is 4.48. The number of nitrogens with zero attached hydrogens (tertiary/aromatic N) is 1. The van der Waals surface area contributed by atoms with E-state index in [0.717, 1.165) is 0 Å². The third-order valence-electron chi connectivity index (χ3n) is 3.03. The second-order valence-electron chi connectivity index (χ2n) is 4.26. The highest BCUT2D eigenvalue weighted by molar-refractivity contribution is 6.17. The summed E-state index contributed by atoms with van der Waals surface area (Å²) in [7, 11) is 1.50. The Kier molecular flexibility index (Phi) is 6.87. The van der Waals surface area contributed by atoms with Gasteiger partial charge in [0.25, 0.3) is 0 Å². The first-order valence-electron chi connectivity index (χ1n) is 6.60. The van der Waals surface area contributed by atoms with Crippen molar-refractivity contribution in [2.24, 2.45) is 0 Å². The van der Waals surface area contributed by atoms with Crippen LogP contribution in [0.2, 0.25) is 0 Å². The number of hydrogen-bond acceptors (Lipinski definition) is 6. The minimum atomic E-state index is -1.85. The Bertz CT molecular complexity index is 482. The molecular weight excluding hydrogens is 298 g/mol. The number of methoxy groups -OCH3 is 1. The predicted molar refractivity (Wildman–Crippen MR) is 77.1 cm³/mol. The Labute approximate surface area is 129 Å². The van der Waals surface area contributed by atoms with E-state index in [9.17, 15) is 9.90 Å². The van der Waals surface area contributed by atoms with E-state index in [1.165, 1.54) is 13.3 Å². The number of hydrogen-bond donors (Lipinski definition) is 1. The van der Waals surface area contributed by atoms with Crippen molar-refractivity contribution < 1.29 is 24.1 Å². The molecule has 1 rings (SSSR count). The number of rotatable bonds is 8. The topological polar surface area (TPSA) is 77.9 Å². The molecule has 0 spiro atoms. The molecule has 0 aliphatic carbocycles. The summed E-state index contributed by atoms with van der Waals surface area (Å²) in [6.45, 7) is 3.63. The van der Waals surface area contributed by atoms with E-state index < -0.39 is 11.6 Å². The second kappa shape index (κ2) is 8.17. The molecule has 0 aliphatic rings. The summed E-state index contributed by atoms with van der Waals surface area (Å²) in [4.78, 5) is 16.2. The van der Waals surface area contributed by atoms with Gasteiger partial charge < -0.3 is 19.3 Å². The maximum atomic E-state index is 12.1. The normalized spacial score (nSPS) is 13.6. The Morgan fingerprint density at radius 2 is 2.19 bits per heavy atom. The van der Waals surface area contributed by atoms with Crippen molar-refractivity contribution in [3.05, 3.63) is 23.5 Å². The van der Waals surface area contributed by atoms with Crippen LogP contribution in [0.5, 0.6) is 5.75 Å². The van der Waals surface area contributed by atoms with Crippen molar-refractivity contribution in [2.45, 2.75) is 32.5 Å². The first kappa shape index (κ1) is 17.7. The van der Waals surface area contributed by atoms with E-state index in [1.807, 2.05) is 0 Å². The van der Waals surface area contributed by atoms with Crippen LogP contribution in [0.3, 0.4) is 0 Å². The highest BCUT2D eigenvalue weighted by Gasteiger charge is 2.41. The maximum absolute atomic E-state index is 12.1. The quantitative estimate of drug-likeness (QED) is 0.583. The summed E-state index contributed by atoms with van der Waals surface area (Å²) in [5, 5.41) is 10.7. The van der Waals surface area contributed by atoms with Gasteiger partial charge in [-0.3, -0.25) is 4.98 Å². The zero-order chi connectivity index (χ0) is 15.9. The number of alkyl halides is 1. The molecule has 1 unspecified atom stereocenters. The summed E-state index contributed by atoms with van der Waals surface area (Å²) in [5.41, 5.74) is -1.22. The molecular formula is C14H20ClNO5. The average molecular weight is 318 g/mol. The van der Waals surface area contributed by atoms with Crippen LogP contribution < -0.4 is 4.74 Å². The number of halogens is 1. The van der Waals surface area contributed by atoms with Gasteiger partial charge in [-0.2, -0.15) is 0 Å². The highest BCUT2D eigenvalue weighted by atomic mass is 35.5. The van der Waals surface area contributed by atoms with Gasteiger partial charge in [-0.15, -0.1) is 0 Å². The molecule has 0 aromatic carbocycles. The lowest BCUT2D eigenvalue weighted by atomic mass is 9.92. The number of aliphatic hydroxyl groups is 1. The Morgan fingerprint density at radius 3 is 2.71 bits per heavy atom. The summed E-state index contributed by atoms with van der Waals surface area (Å²) in [6.07, 6.45) is 1.55. The van der Waals surface area contributed by atoms with Gasteiger partial charge in [0, 0.05) is 18.9 Å². The Morgan fingerprint density at radius 1 is 1.48 bits per heavy atom. The molecule has 0 saturated carbocycles. The van der Waals surface area contributed by atoms with E-state index in [2.05, 4.69) is 4.98 Å². The van der Waals surface area contributed by atoms with Crippen molar-refractivity contribution >= 4 is 17.6 Å². The van der Waals surface area contributed by atoms with Gasteiger partial charge in [0.1, 0.15) is 5.75 Å². The van der Waals surface area contributed by atoms with Gasteiger partial charge in [-0.25, -0.2) is 4.79 Å². The van der Waals surface area contributed by atoms with E-state index in [4.69, 9.17) is 25.8 Å². The molecule has 0 saturated heterocycles. The van der Waals surface area contributed by atoms with Crippen LogP contribution in [-0.4, -0.2) is 35.8 Å². The number of carbonyl (C=O) groups excluding carboxylic acids is 1. The van der Waals surface area contributed by atoms with Crippen molar-refractivity contribution in [3.8, 4) is 5.75 Å². The van der Waals surface area contributed by atoms with Crippen LogP contribution in [0.15, 0.2) is 12.3 Å². The third-order valence-corrected chi connectivity index (χ3v) is 3.14. The first-order chi connectivity index (χ1) is 10.0. The number of pyridine rings is 1. The fraction of sp³-hybridized carbons (Fsp3) is 0.571. The minimum absolute atomic E-state index is 0.0653. The molecule has 6 nitrogen and oxygen atoms in total. The summed E-state index contributed by atoms with van der Waals surface area (Å²) < 4.78 is 15.3. The van der Waals surface area contributed by atoms with Crippen LogP contribution in [0.25, 0.3) is 0 Å². The van der Waals surface area contributed by atoms with Crippen LogP contribution >= 0.6 is 11.6 Å². The summed E-state index contributed by atoms with van der Waals surface area (Å²) in [6, 6.07) is 1.53. The fourth-order valence-corrected chi connectivity index (χ4v) is 2.09. The van der Waals surface area contributed by atoms with Crippen molar-refractivity contribution in [1.82, 2.24) is 4.98 Å². The molecule has 21 heavy (non-hydrogen) atoms. The predicted octanol–water partition coefficient (Wildman–Crippen LogP) is 1.96. The van der Waals surface area contributed by atoms with Gasteiger partial charge in [-0.05, 0) is 19.4 Å². The van der Waals surface area contributed by atoms with Crippen molar-refractivity contribution in [1.29, 1.82) is 0 Å². The lowest BCUT2D eigenvalue weighted by Crippen LogP contribution is -2.38. The van der Waals surface area contributed by atoms with Crippen LogP contribution in [0.4, 0.5) is 0 Å². The van der Waals surface area contributed by atoms with E-state index >= 15 is 0 Å². The molecule has 1 N–H and O–H groups in total. The molecule has 1 aromatic heterocycles. The zero-order valence-corrected chi connectivity index (χ0v) is 13.1. The van der Waals surface area contributed by atoms with Crippen LogP contribution in [0, 0.1) is 0 Å². The monoisotopic (exact) mass is 317 g/mol. The number of ether oxygens (including phenoxy) is 3. The number of carbonyl (C=O) groups is 1. The van der Waals surface area contributed by atoms with E-state index in [1.54, 1.807) is 19.9 Å². The molecule has 0 bridgehead atoms. The van der Waals surface area contributed by atoms with Gasteiger partial charge in [0.2, 0.25) is 5.60 Å². The lowest BCUT2D eigenvalue weighted by Gasteiger charge is -2.26. The summed E-state index contributed by atoms with van der Waals surface area (Å²) in [5.74, 6) is -0.339. The fourth-order valence-electron chi connectivity index (χ4n) is 1.97.